The Morgan fingerprint density at radius 3 is 3.12 bits per heavy atom. The number of rotatable bonds is 7. The maximum absolute atomic E-state index is 11.0. The minimum Gasteiger partial charge on any atom is -0.463 e. The predicted molar refractivity (Wildman–Crippen MR) is 65.6 cm³/mol. The highest BCUT2D eigenvalue weighted by atomic mass is 16.5. The highest BCUT2D eigenvalue weighted by Crippen LogP contribution is 1.95. The molecular formula is C12H19N3O2. The van der Waals surface area contributed by atoms with Gasteiger partial charge in [-0.3, -0.25) is 4.68 Å². The summed E-state index contributed by atoms with van der Waals surface area (Å²) in [5.41, 5.74) is 1.19. The Labute approximate surface area is 101 Å². The van der Waals surface area contributed by atoms with Crippen molar-refractivity contribution in [1.29, 1.82) is 0 Å². The van der Waals surface area contributed by atoms with Crippen LogP contribution in [-0.2, 0) is 23.0 Å². The molecule has 5 nitrogen and oxygen atoms in total. The van der Waals surface area contributed by atoms with E-state index in [9.17, 15) is 4.79 Å². The lowest BCUT2D eigenvalue weighted by molar-refractivity contribution is -0.137. The lowest BCUT2D eigenvalue weighted by atomic mass is 10.3. The summed E-state index contributed by atoms with van der Waals surface area (Å²) < 4.78 is 6.62. The number of carbonyl (C=O) groups excluding carboxylic acids is 1. The Hall–Kier alpha value is -1.62. The monoisotopic (exact) mass is 237 g/mol. The number of nitrogens with zero attached hydrogens (tertiary/aromatic N) is 2. The lowest BCUT2D eigenvalue weighted by Gasteiger charge is -2.02. The van der Waals surface area contributed by atoms with Crippen LogP contribution in [0.15, 0.2) is 24.4 Å². The Balaban J connectivity index is 2.09. The third-order valence-corrected chi connectivity index (χ3v) is 2.28. The molecule has 0 spiro atoms. The summed E-state index contributed by atoms with van der Waals surface area (Å²) in [6.07, 6.45) is 5.92. The second-order valence-electron chi connectivity index (χ2n) is 3.55. The Morgan fingerprint density at radius 2 is 2.47 bits per heavy atom. The molecule has 0 bridgehead atoms. The van der Waals surface area contributed by atoms with Gasteiger partial charge in [-0.05, 0) is 13.0 Å². The van der Waals surface area contributed by atoms with Crippen molar-refractivity contribution < 1.29 is 9.53 Å². The number of ether oxygens (including phenoxy) is 1. The molecule has 1 rings (SSSR count). The Morgan fingerprint density at radius 1 is 1.65 bits per heavy atom. The third-order valence-electron chi connectivity index (χ3n) is 2.28. The second-order valence-corrected chi connectivity index (χ2v) is 3.55. The third kappa shape index (κ3) is 5.31. The molecule has 0 unspecified atom stereocenters. The van der Waals surface area contributed by atoms with Crippen LogP contribution in [0.3, 0.4) is 0 Å². The van der Waals surface area contributed by atoms with Crippen molar-refractivity contribution in [3.8, 4) is 0 Å². The first-order valence-corrected chi connectivity index (χ1v) is 5.75. The maximum atomic E-state index is 11.0. The maximum Gasteiger partial charge on any atom is 0.330 e. The minimum absolute atomic E-state index is 0.291. The smallest absolute Gasteiger partial charge is 0.330 e. The van der Waals surface area contributed by atoms with Crippen molar-refractivity contribution in [2.24, 2.45) is 7.05 Å². The Bertz CT molecular complexity index is 372. The van der Waals surface area contributed by atoms with E-state index in [1.54, 1.807) is 19.2 Å². The first kappa shape index (κ1) is 13.4. The zero-order valence-electron chi connectivity index (χ0n) is 10.3. The van der Waals surface area contributed by atoms with E-state index in [1.165, 1.54) is 11.8 Å². The van der Waals surface area contributed by atoms with Crippen LogP contribution in [0.4, 0.5) is 0 Å². The van der Waals surface area contributed by atoms with E-state index in [0.29, 0.717) is 13.2 Å². The molecule has 1 heterocycles. The van der Waals surface area contributed by atoms with Gasteiger partial charge in [-0.1, -0.05) is 6.08 Å². The van der Waals surface area contributed by atoms with Gasteiger partial charge in [0, 0.05) is 44.5 Å². The average molecular weight is 237 g/mol. The van der Waals surface area contributed by atoms with Crippen molar-refractivity contribution in [2.75, 3.05) is 19.7 Å². The molecule has 0 saturated heterocycles. The number of esters is 1. The number of nitrogens with one attached hydrogen (secondary N) is 1. The topological polar surface area (TPSA) is 56.1 Å². The van der Waals surface area contributed by atoms with E-state index in [0.717, 1.165) is 13.0 Å². The molecule has 17 heavy (non-hydrogen) atoms. The fourth-order valence-electron chi connectivity index (χ4n) is 1.39. The largest absolute Gasteiger partial charge is 0.463 e. The van der Waals surface area contributed by atoms with Crippen LogP contribution in [0.1, 0.15) is 12.6 Å². The quantitative estimate of drug-likeness (QED) is 0.430. The van der Waals surface area contributed by atoms with Crippen molar-refractivity contribution in [2.45, 2.75) is 13.3 Å². The predicted octanol–water partition coefficient (Wildman–Crippen LogP) is 0.671. The van der Waals surface area contributed by atoms with E-state index in [2.05, 4.69) is 10.4 Å². The fourth-order valence-corrected chi connectivity index (χ4v) is 1.39. The molecule has 0 aliphatic carbocycles. The summed E-state index contributed by atoms with van der Waals surface area (Å²) in [5, 5.41) is 7.30. The summed E-state index contributed by atoms with van der Waals surface area (Å²) >= 11 is 0. The molecule has 94 valence electrons. The van der Waals surface area contributed by atoms with Gasteiger partial charge in [0.05, 0.1) is 6.61 Å². The van der Waals surface area contributed by atoms with Crippen LogP contribution < -0.4 is 5.32 Å². The summed E-state index contributed by atoms with van der Waals surface area (Å²) in [4.78, 5) is 11.0. The van der Waals surface area contributed by atoms with Gasteiger partial charge in [-0.25, -0.2) is 4.79 Å². The van der Waals surface area contributed by atoms with Crippen molar-refractivity contribution in [3.05, 3.63) is 30.1 Å². The van der Waals surface area contributed by atoms with Crippen molar-refractivity contribution in [1.82, 2.24) is 15.1 Å². The van der Waals surface area contributed by atoms with Crippen molar-refractivity contribution >= 4 is 5.97 Å². The minimum atomic E-state index is -0.291. The number of carbonyl (C=O) groups is 1. The summed E-state index contributed by atoms with van der Waals surface area (Å²) in [6, 6.07) is 2.00. The van der Waals surface area contributed by atoms with Gasteiger partial charge in [-0.2, -0.15) is 5.10 Å². The van der Waals surface area contributed by atoms with Crippen LogP contribution in [0, 0.1) is 0 Å². The summed E-state index contributed by atoms with van der Waals surface area (Å²) in [5.74, 6) is -0.291. The number of hydrogen-bond donors (Lipinski definition) is 1. The standard InChI is InChI=1S/C12H19N3O2/c1-3-17-12(16)5-4-8-13-9-6-11-7-10-14-15(11)2/h4-5,7,10,13H,3,6,8-9H2,1-2H3/b5-4+. The average Bonchev–Trinajstić information content (AvgIpc) is 2.70. The van der Waals surface area contributed by atoms with Gasteiger partial charge < -0.3 is 10.1 Å². The van der Waals surface area contributed by atoms with E-state index in [1.807, 2.05) is 17.8 Å². The van der Waals surface area contributed by atoms with Gasteiger partial charge in [0.15, 0.2) is 0 Å². The first-order valence-electron chi connectivity index (χ1n) is 5.75. The molecule has 0 saturated carbocycles. The molecular weight excluding hydrogens is 218 g/mol. The van der Waals surface area contributed by atoms with E-state index < -0.39 is 0 Å². The Kier molecular flexibility index (Phi) is 6.03. The highest BCUT2D eigenvalue weighted by Gasteiger charge is 1.96. The zero-order chi connectivity index (χ0) is 12.5. The molecule has 5 heteroatoms. The summed E-state index contributed by atoms with van der Waals surface area (Å²) in [6.45, 7) is 3.72. The van der Waals surface area contributed by atoms with Crippen LogP contribution in [0.2, 0.25) is 0 Å². The number of aryl methyl sites for hydroxylation is 1. The van der Waals surface area contributed by atoms with E-state index >= 15 is 0 Å². The van der Waals surface area contributed by atoms with E-state index in [4.69, 9.17) is 4.74 Å². The molecule has 0 amide bonds. The first-order chi connectivity index (χ1) is 8.24. The molecule has 0 atom stereocenters. The summed E-state index contributed by atoms with van der Waals surface area (Å²) in [7, 11) is 1.93. The van der Waals surface area contributed by atoms with Gasteiger partial charge in [0.1, 0.15) is 0 Å². The highest BCUT2D eigenvalue weighted by molar-refractivity contribution is 5.81. The van der Waals surface area contributed by atoms with Crippen LogP contribution in [0.5, 0.6) is 0 Å². The molecule has 1 aromatic heterocycles. The molecule has 0 aliphatic rings. The van der Waals surface area contributed by atoms with Crippen molar-refractivity contribution in [3.63, 3.8) is 0 Å². The van der Waals surface area contributed by atoms with Gasteiger partial charge in [0.2, 0.25) is 0 Å². The number of aromatic nitrogens is 2. The van der Waals surface area contributed by atoms with Gasteiger partial charge in [-0.15, -0.1) is 0 Å². The molecule has 0 fully saturated rings. The zero-order valence-corrected chi connectivity index (χ0v) is 10.3. The lowest BCUT2D eigenvalue weighted by Crippen LogP contribution is -2.18. The van der Waals surface area contributed by atoms with E-state index in [-0.39, 0.29) is 5.97 Å². The van der Waals surface area contributed by atoms with Gasteiger partial charge >= 0.3 is 5.97 Å². The van der Waals surface area contributed by atoms with Gasteiger partial charge in [0.25, 0.3) is 0 Å². The molecule has 1 N–H and O–H groups in total. The van der Waals surface area contributed by atoms with Crippen LogP contribution in [0.25, 0.3) is 0 Å². The normalized spacial score (nSPS) is 10.9. The molecule has 0 aromatic carbocycles. The number of hydrogen-bond acceptors (Lipinski definition) is 4. The van der Waals surface area contributed by atoms with Crippen LogP contribution in [-0.4, -0.2) is 35.4 Å². The SMILES string of the molecule is CCOC(=O)/C=C/CNCCc1ccnn1C. The van der Waals surface area contributed by atoms with Crippen LogP contribution >= 0.6 is 0 Å². The molecule has 1 aromatic rings. The fraction of sp³-hybridized carbons (Fsp3) is 0.500. The molecule has 0 aliphatic heterocycles. The molecule has 0 radical (unpaired) electrons. The second kappa shape index (κ2) is 7.62.